The average molecular weight is 404 g/mol. The number of methoxy groups -OCH3 is 1. The number of guanidine groups is 1. The highest BCUT2D eigenvalue weighted by Crippen LogP contribution is 2.16. The highest BCUT2D eigenvalue weighted by molar-refractivity contribution is 9.10. The quantitative estimate of drug-likeness (QED) is 0.338. The van der Waals surface area contributed by atoms with Crippen LogP contribution < -0.4 is 10.6 Å². The first-order chi connectivity index (χ1) is 11.7. The molecule has 0 aliphatic carbocycles. The molecule has 2 N–H and O–H groups in total. The van der Waals surface area contributed by atoms with Crippen molar-refractivity contribution < 1.29 is 13.9 Å². The first-order valence-corrected chi connectivity index (χ1v) is 8.99. The third kappa shape index (κ3) is 9.20. The van der Waals surface area contributed by atoms with Crippen molar-refractivity contribution in [3.63, 3.8) is 0 Å². The second-order valence-corrected chi connectivity index (χ2v) is 6.00. The Morgan fingerprint density at radius 2 is 2.08 bits per heavy atom. The molecule has 0 saturated heterocycles. The smallest absolute Gasteiger partial charge is 0.191 e. The molecule has 0 spiro atoms. The van der Waals surface area contributed by atoms with Crippen molar-refractivity contribution in [2.75, 3.05) is 46.6 Å². The van der Waals surface area contributed by atoms with E-state index in [-0.39, 0.29) is 5.82 Å². The third-order valence-electron chi connectivity index (χ3n) is 3.18. The molecular weight excluding hydrogens is 377 g/mol. The standard InChI is InChI=1S/C17H27BrFN3O2/c1-3-20-17(21-8-4-10-24-12-11-23-2)22-9-7-14-5-6-16(19)15(18)13-14/h5-6,13H,3-4,7-12H2,1-2H3,(H2,20,21,22). The number of rotatable bonds is 11. The number of ether oxygens (including phenoxy) is 2. The van der Waals surface area contributed by atoms with Gasteiger partial charge in [0.2, 0.25) is 0 Å². The summed E-state index contributed by atoms with van der Waals surface area (Å²) in [7, 11) is 1.66. The van der Waals surface area contributed by atoms with Crippen LogP contribution in [-0.4, -0.2) is 52.5 Å². The monoisotopic (exact) mass is 403 g/mol. The van der Waals surface area contributed by atoms with Crippen LogP contribution in [0.3, 0.4) is 0 Å². The lowest BCUT2D eigenvalue weighted by atomic mass is 10.1. The summed E-state index contributed by atoms with van der Waals surface area (Å²) >= 11 is 3.21. The summed E-state index contributed by atoms with van der Waals surface area (Å²) < 4.78 is 24.0. The summed E-state index contributed by atoms with van der Waals surface area (Å²) in [5, 5.41) is 6.49. The zero-order valence-electron chi connectivity index (χ0n) is 14.4. The molecule has 0 radical (unpaired) electrons. The third-order valence-corrected chi connectivity index (χ3v) is 3.79. The van der Waals surface area contributed by atoms with Gasteiger partial charge in [-0.15, -0.1) is 0 Å². The molecular formula is C17H27BrFN3O2. The first-order valence-electron chi connectivity index (χ1n) is 8.20. The van der Waals surface area contributed by atoms with E-state index in [1.165, 1.54) is 6.07 Å². The molecule has 7 heteroatoms. The molecule has 0 saturated carbocycles. The van der Waals surface area contributed by atoms with Gasteiger partial charge >= 0.3 is 0 Å². The summed E-state index contributed by atoms with van der Waals surface area (Å²) in [6.45, 7) is 6.17. The summed E-state index contributed by atoms with van der Waals surface area (Å²) in [5.74, 6) is 0.546. The van der Waals surface area contributed by atoms with E-state index >= 15 is 0 Å². The Kier molecular flexibility index (Phi) is 11.4. The molecule has 5 nitrogen and oxygen atoms in total. The number of nitrogens with one attached hydrogen (secondary N) is 2. The van der Waals surface area contributed by atoms with E-state index in [2.05, 4.69) is 31.6 Å². The number of aliphatic imine (C=N–C) groups is 1. The van der Waals surface area contributed by atoms with Gasteiger partial charge < -0.3 is 20.1 Å². The van der Waals surface area contributed by atoms with E-state index in [4.69, 9.17) is 9.47 Å². The minimum Gasteiger partial charge on any atom is -0.382 e. The van der Waals surface area contributed by atoms with Crippen LogP contribution in [0.2, 0.25) is 0 Å². The van der Waals surface area contributed by atoms with Gasteiger partial charge in [-0.25, -0.2) is 4.39 Å². The van der Waals surface area contributed by atoms with Crippen LogP contribution in [0.5, 0.6) is 0 Å². The van der Waals surface area contributed by atoms with Gasteiger partial charge in [0.25, 0.3) is 0 Å². The van der Waals surface area contributed by atoms with Gasteiger partial charge in [0.05, 0.1) is 17.7 Å². The van der Waals surface area contributed by atoms with Crippen molar-refractivity contribution >= 4 is 21.9 Å². The Bertz CT molecular complexity index is 501. The maximum Gasteiger partial charge on any atom is 0.191 e. The fourth-order valence-electron chi connectivity index (χ4n) is 1.96. The summed E-state index contributed by atoms with van der Waals surface area (Å²) in [6.07, 6.45) is 1.66. The highest BCUT2D eigenvalue weighted by Gasteiger charge is 2.01. The molecule has 24 heavy (non-hydrogen) atoms. The Morgan fingerprint density at radius 3 is 2.79 bits per heavy atom. The Balaban J connectivity index is 2.28. The van der Waals surface area contributed by atoms with Gasteiger partial charge in [-0.2, -0.15) is 0 Å². The van der Waals surface area contributed by atoms with E-state index in [1.807, 2.05) is 6.92 Å². The Labute approximate surface area is 152 Å². The first kappa shape index (κ1) is 20.9. The van der Waals surface area contributed by atoms with Crippen LogP contribution in [-0.2, 0) is 15.9 Å². The molecule has 0 heterocycles. The van der Waals surface area contributed by atoms with Crippen molar-refractivity contribution in [1.29, 1.82) is 0 Å². The molecule has 136 valence electrons. The lowest BCUT2D eigenvalue weighted by Crippen LogP contribution is -2.38. The molecule has 1 aromatic rings. The molecule has 0 aliphatic rings. The maximum absolute atomic E-state index is 13.2. The minimum absolute atomic E-state index is 0.241. The van der Waals surface area contributed by atoms with E-state index < -0.39 is 0 Å². The van der Waals surface area contributed by atoms with Crippen LogP contribution >= 0.6 is 15.9 Å². The largest absolute Gasteiger partial charge is 0.382 e. The number of nitrogens with zero attached hydrogens (tertiary/aromatic N) is 1. The molecule has 1 rings (SSSR count). The molecule has 0 atom stereocenters. The molecule has 1 aromatic carbocycles. The number of benzene rings is 1. The van der Waals surface area contributed by atoms with Crippen LogP contribution in [0, 0.1) is 5.82 Å². The molecule has 0 aliphatic heterocycles. The lowest BCUT2D eigenvalue weighted by molar-refractivity contribution is 0.0702. The normalized spacial score (nSPS) is 11.6. The highest BCUT2D eigenvalue weighted by atomic mass is 79.9. The zero-order chi connectivity index (χ0) is 17.6. The summed E-state index contributed by atoms with van der Waals surface area (Å²) in [5.41, 5.74) is 1.07. The summed E-state index contributed by atoms with van der Waals surface area (Å²) in [4.78, 5) is 4.51. The average Bonchev–Trinajstić information content (AvgIpc) is 2.57. The number of halogens is 2. The van der Waals surface area contributed by atoms with Gasteiger partial charge in [0.15, 0.2) is 5.96 Å². The van der Waals surface area contributed by atoms with Crippen LogP contribution in [0.1, 0.15) is 18.9 Å². The predicted molar refractivity (Wildman–Crippen MR) is 99.1 cm³/mol. The molecule has 0 unspecified atom stereocenters. The fraction of sp³-hybridized carbons (Fsp3) is 0.588. The van der Waals surface area contributed by atoms with Gasteiger partial charge in [0, 0.05) is 33.4 Å². The van der Waals surface area contributed by atoms with Gasteiger partial charge in [-0.3, -0.25) is 4.99 Å². The molecule has 0 bridgehead atoms. The van der Waals surface area contributed by atoms with Gasteiger partial charge in [0.1, 0.15) is 5.82 Å². The zero-order valence-corrected chi connectivity index (χ0v) is 16.0. The predicted octanol–water partition coefficient (Wildman–Crippen LogP) is 2.74. The number of hydrogen-bond acceptors (Lipinski definition) is 3. The Morgan fingerprint density at radius 1 is 1.25 bits per heavy atom. The minimum atomic E-state index is -0.241. The van der Waals surface area contributed by atoms with E-state index in [0.29, 0.717) is 30.8 Å². The molecule has 0 amide bonds. The van der Waals surface area contributed by atoms with Crippen molar-refractivity contribution in [3.8, 4) is 0 Å². The van der Waals surface area contributed by atoms with Crippen molar-refractivity contribution in [2.24, 2.45) is 4.99 Å². The van der Waals surface area contributed by atoms with E-state index in [9.17, 15) is 4.39 Å². The fourth-order valence-corrected chi connectivity index (χ4v) is 2.39. The Hall–Kier alpha value is -1.18. The van der Waals surface area contributed by atoms with Crippen LogP contribution in [0.25, 0.3) is 0 Å². The van der Waals surface area contributed by atoms with E-state index in [0.717, 1.165) is 37.5 Å². The summed E-state index contributed by atoms with van der Waals surface area (Å²) in [6, 6.07) is 5.07. The lowest BCUT2D eigenvalue weighted by Gasteiger charge is -2.11. The van der Waals surface area contributed by atoms with Gasteiger partial charge in [-0.1, -0.05) is 6.07 Å². The molecule has 0 fully saturated rings. The molecule has 0 aromatic heterocycles. The van der Waals surface area contributed by atoms with Crippen molar-refractivity contribution in [3.05, 3.63) is 34.1 Å². The van der Waals surface area contributed by atoms with Gasteiger partial charge in [-0.05, 0) is 53.4 Å². The van der Waals surface area contributed by atoms with Crippen LogP contribution in [0.15, 0.2) is 27.7 Å². The topological polar surface area (TPSA) is 54.9 Å². The number of hydrogen-bond donors (Lipinski definition) is 2. The SMILES string of the molecule is CCNC(=NCCCOCCOC)NCCc1ccc(F)c(Br)c1. The van der Waals surface area contributed by atoms with E-state index in [1.54, 1.807) is 19.2 Å². The second kappa shape index (κ2) is 13.1. The van der Waals surface area contributed by atoms with Crippen molar-refractivity contribution in [1.82, 2.24) is 10.6 Å². The second-order valence-electron chi connectivity index (χ2n) is 5.14. The van der Waals surface area contributed by atoms with Crippen LogP contribution in [0.4, 0.5) is 4.39 Å². The van der Waals surface area contributed by atoms with Crippen molar-refractivity contribution in [2.45, 2.75) is 19.8 Å². The maximum atomic E-state index is 13.2.